The first-order valence-corrected chi connectivity index (χ1v) is 10.2. The molecule has 2 aliphatic heterocycles. The van der Waals surface area contributed by atoms with E-state index in [4.69, 9.17) is 11.6 Å². The number of urea groups is 1. The maximum absolute atomic E-state index is 13.1. The van der Waals surface area contributed by atoms with Crippen LogP contribution in [0.15, 0.2) is 48.5 Å². The van der Waals surface area contributed by atoms with Crippen molar-refractivity contribution < 1.29 is 13.2 Å². The largest absolute Gasteiger partial charge is 0.329 e. The van der Waals surface area contributed by atoms with Crippen molar-refractivity contribution in [2.75, 3.05) is 21.3 Å². The van der Waals surface area contributed by atoms with Gasteiger partial charge in [0.2, 0.25) is 0 Å². The fourth-order valence-corrected chi connectivity index (χ4v) is 5.66. The maximum atomic E-state index is 13.1. The van der Waals surface area contributed by atoms with E-state index in [1.54, 1.807) is 34.1 Å². The molecule has 2 aliphatic rings. The summed E-state index contributed by atoms with van der Waals surface area (Å²) >= 11 is 5.94. The Bertz CT molecular complexity index is 856. The number of hydrogen-bond donors (Lipinski definition) is 0. The molecule has 2 atom stereocenters. The van der Waals surface area contributed by atoms with Crippen molar-refractivity contribution in [2.24, 2.45) is 0 Å². The highest BCUT2D eigenvalue weighted by atomic mass is 35.5. The molecule has 4 rings (SSSR count). The van der Waals surface area contributed by atoms with E-state index in [-0.39, 0.29) is 29.6 Å². The minimum absolute atomic E-state index is 0.0125. The highest BCUT2D eigenvalue weighted by Crippen LogP contribution is 2.38. The van der Waals surface area contributed by atoms with Crippen LogP contribution in [-0.4, -0.2) is 38.0 Å². The maximum Gasteiger partial charge on any atom is 0.329 e. The molecule has 0 saturated carbocycles. The fourth-order valence-electron chi connectivity index (χ4n) is 3.61. The summed E-state index contributed by atoms with van der Waals surface area (Å²) in [5.74, 6) is -0.0320. The number of carbonyl (C=O) groups excluding carboxylic acids is 1. The van der Waals surface area contributed by atoms with Gasteiger partial charge < -0.3 is 0 Å². The van der Waals surface area contributed by atoms with Crippen LogP contribution < -0.4 is 9.80 Å². The van der Waals surface area contributed by atoms with Gasteiger partial charge in [-0.3, -0.25) is 9.80 Å². The molecular weight excluding hydrogens is 360 g/mol. The molecule has 5 nitrogen and oxygen atoms in total. The third kappa shape index (κ3) is 2.79. The zero-order valence-electron chi connectivity index (χ0n) is 13.6. The Balaban J connectivity index is 1.79. The lowest BCUT2D eigenvalue weighted by molar-refractivity contribution is 0.255. The van der Waals surface area contributed by atoms with Gasteiger partial charge >= 0.3 is 6.03 Å². The molecule has 7 heteroatoms. The van der Waals surface area contributed by atoms with Crippen LogP contribution in [0.3, 0.4) is 0 Å². The zero-order chi connectivity index (χ0) is 17.8. The molecular formula is C18H17ClN2O3S. The second-order valence-corrected chi connectivity index (χ2v) is 9.14. The molecule has 2 saturated heterocycles. The highest BCUT2D eigenvalue weighted by molar-refractivity contribution is 7.91. The molecule has 0 N–H and O–H groups in total. The van der Waals surface area contributed by atoms with Gasteiger partial charge in [0.1, 0.15) is 0 Å². The monoisotopic (exact) mass is 376 g/mol. The van der Waals surface area contributed by atoms with E-state index in [0.717, 1.165) is 11.3 Å². The van der Waals surface area contributed by atoms with Crippen molar-refractivity contribution in [1.29, 1.82) is 0 Å². The number of fused-ring (bicyclic) bond motifs is 1. The number of rotatable bonds is 2. The fraction of sp³-hybridized carbons (Fsp3) is 0.278. The zero-order valence-corrected chi connectivity index (χ0v) is 15.2. The van der Waals surface area contributed by atoms with Crippen molar-refractivity contribution in [2.45, 2.75) is 19.0 Å². The predicted molar refractivity (Wildman–Crippen MR) is 99.2 cm³/mol. The number of benzene rings is 2. The SMILES string of the molecule is Cc1ccc(N2C(=O)N(c3ccc(Cl)cc3)[C@H]3CS(=O)(=O)C[C@@H]32)cc1. The topological polar surface area (TPSA) is 57.7 Å². The molecule has 2 aromatic carbocycles. The van der Waals surface area contributed by atoms with Crippen molar-refractivity contribution in [1.82, 2.24) is 0 Å². The Morgan fingerprint density at radius 2 is 1.32 bits per heavy atom. The van der Waals surface area contributed by atoms with Crippen molar-refractivity contribution in [3.63, 3.8) is 0 Å². The smallest absolute Gasteiger partial charge is 0.288 e. The Labute approximate surface area is 151 Å². The van der Waals surface area contributed by atoms with Crippen LogP contribution >= 0.6 is 11.6 Å². The Kier molecular flexibility index (Phi) is 3.77. The van der Waals surface area contributed by atoms with E-state index in [1.165, 1.54) is 0 Å². The summed E-state index contributed by atoms with van der Waals surface area (Å²) in [7, 11) is -3.19. The third-order valence-corrected chi connectivity index (χ3v) is 6.74. The minimum atomic E-state index is -3.19. The lowest BCUT2D eigenvalue weighted by Crippen LogP contribution is -2.37. The van der Waals surface area contributed by atoms with E-state index in [1.807, 2.05) is 31.2 Å². The predicted octanol–water partition coefficient (Wildman–Crippen LogP) is 3.26. The van der Waals surface area contributed by atoms with Crippen LogP contribution in [0.5, 0.6) is 0 Å². The normalized spacial score (nSPS) is 24.6. The summed E-state index contributed by atoms with van der Waals surface area (Å²) in [6.45, 7) is 1.97. The lowest BCUT2D eigenvalue weighted by Gasteiger charge is -2.22. The molecule has 2 amide bonds. The van der Waals surface area contributed by atoms with Gasteiger partial charge in [-0.15, -0.1) is 0 Å². The minimum Gasteiger partial charge on any atom is -0.288 e. The first-order valence-electron chi connectivity index (χ1n) is 8.01. The summed E-state index contributed by atoms with van der Waals surface area (Å²) in [5, 5.41) is 0.571. The van der Waals surface area contributed by atoms with Crippen molar-refractivity contribution in [3.8, 4) is 0 Å². The molecule has 0 radical (unpaired) electrons. The van der Waals surface area contributed by atoms with Gasteiger partial charge in [0.25, 0.3) is 0 Å². The van der Waals surface area contributed by atoms with Crippen LogP contribution in [0, 0.1) is 6.92 Å². The van der Waals surface area contributed by atoms with E-state index in [9.17, 15) is 13.2 Å². The van der Waals surface area contributed by atoms with Gasteiger partial charge in [-0.05, 0) is 43.3 Å². The van der Waals surface area contributed by atoms with E-state index in [2.05, 4.69) is 0 Å². The van der Waals surface area contributed by atoms with Crippen LogP contribution in [0.4, 0.5) is 16.2 Å². The third-order valence-electron chi connectivity index (χ3n) is 4.79. The Morgan fingerprint density at radius 3 is 1.80 bits per heavy atom. The second-order valence-electron chi connectivity index (χ2n) is 6.55. The molecule has 130 valence electrons. The van der Waals surface area contributed by atoms with Gasteiger partial charge in [0.15, 0.2) is 9.84 Å². The second kappa shape index (κ2) is 5.75. The van der Waals surface area contributed by atoms with E-state index >= 15 is 0 Å². The van der Waals surface area contributed by atoms with Crippen molar-refractivity contribution >= 4 is 38.8 Å². The summed E-state index contributed by atoms with van der Waals surface area (Å²) in [6.07, 6.45) is 0. The van der Waals surface area contributed by atoms with Gasteiger partial charge in [-0.2, -0.15) is 0 Å². The number of nitrogens with zero attached hydrogens (tertiary/aromatic N) is 2. The number of carbonyl (C=O) groups is 1. The van der Waals surface area contributed by atoms with Gasteiger partial charge in [0, 0.05) is 16.4 Å². The average molecular weight is 377 g/mol. The summed E-state index contributed by atoms with van der Waals surface area (Å²) < 4.78 is 24.5. The molecule has 25 heavy (non-hydrogen) atoms. The van der Waals surface area contributed by atoms with Gasteiger partial charge in [-0.25, -0.2) is 13.2 Å². The first-order chi connectivity index (χ1) is 11.9. The molecule has 2 aromatic rings. The summed E-state index contributed by atoms with van der Waals surface area (Å²) in [6, 6.07) is 13.5. The number of halogens is 1. The van der Waals surface area contributed by atoms with Crippen LogP contribution in [-0.2, 0) is 9.84 Å². The van der Waals surface area contributed by atoms with Crippen LogP contribution in [0.25, 0.3) is 0 Å². The molecule has 0 aliphatic carbocycles. The number of sulfone groups is 1. The number of anilines is 2. The first kappa shape index (κ1) is 16.4. The molecule has 0 unspecified atom stereocenters. The van der Waals surface area contributed by atoms with Gasteiger partial charge in [0.05, 0.1) is 23.6 Å². The van der Waals surface area contributed by atoms with Crippen LogP contribution in [0.1, 0.15) is 5.56 Å². The van der Waals surface area contributed by atoms with E-state index in [0.29, 0.717) is 10.7 Å². The van der Waals surface area contributed by atoms with Gasteiger partial charge in [-0.1, -0.05) is 29.3 Å². The van der Waals surface area contributed by atoms with Crippen LogP contribution in [0.2, 0.25) is 5.02 Å². The molecule has 2 fully saturated rings. The Morgan fingerprint density at radius 1 is 0.880 bits per heavy atom. The lowest BCUT2D eigenvalue weighted by atomic mass is 10.1. The Hall–Kier alpha value is -2.05. The summed E-state index contributed by atoms with van der Waals surface area (Å²) in [4.78, 5) is 16.3. The molecule has 0 aromatic heterocycles. The van der Waals surface area contributed by atoms with E-state index < -0.39 is 9.84 Å². The average Bonchev–Trinajstić information content (AvgIpc) is 2.99. The summed E-state index contributed by atoms with van der Waals surface area (Å²) in [5.41, 5.74) is 2.47. The highest BCUT2D eigenvalue weighted by Gasteiger charge is 2.54. The number of hydrogen-bond acceptors (Lipinski definition) is 3. The molecule has 0 spiro atoms. The quantitative estimate of drug-likeness (QED) is 0.756. The van der Waals surface area contributed by atoms with Crippen molar-refractivity contribution in [3.05, 3.63) is 59.1 Å². The molecule has 0 bridgehead atoms. The standard InChI is InChI=1S/C18H17ClN2O3S/c1-12-2-6-14(7-3-12)20-16-10-25(23,24)11-17(16)21(18(20)22)15-8-4-13(19)5-9-15/h2-9,16-17H,10-11H2,1H3/t16-,17-/m0/s1. The number of aryl methyl sites for hydroxylation is 1. The number of amides is 2. The molecule has 2 heterocycles.